The van der Waals surface area contributed by atoms with E-state index in [1.165, 1.54) is 31.4 Å². The van der Waals surface area contributed by atoms with Crippen LogP contribution in [-0.4, -0.2) is 20.4 Å². The third-order valence-corrected chi connectivity index (χ3v) is 5.89. The Hall–Kier alpha value is -0.940. The molecule has 0 spiro atoms. The van der Waals surface area contributed by atoms with E-state index in [1.54, 1.807) is 6.20 Å². The molecule has 21 heavy (non-hydrogen) atoms. The molecule has 0 aliphatic heterocycles. The molecule has 2 aromatic heterocycles. The molecular formula is C16H21BrN4. The van der Waals surface area contributed by atoms with Crippen molar-refractivity contribution in [3.05, 3.63) is 28.9 Å². The lowest BCUT2D eigenvalue weighted by atomic mass is 9.84. The fraction of sp³-hybridized carbons (Fsp3) is 0.625. The molecule has 1 N–H and O–H groups in total. The van der Waals surface area contributed by atoms with E-state index in [0.29, 0.717) is 6.04 Å². The predicted molar refractivity (Wildman–Crippen MR) is 85.9 cm³/mol. The maximum Gasteiger partial charge on any atom is 0.155 e. The van der Waals surface area contributed by atoms with Gasteiger partial charge < -0.3 is 5.32 Å². The zero-order valence-electron chi connectivity index (χ0n) is 12.3. The van der Waals surface area contributed by atoms with Crippen LogP contribution in [0.2, 0.25) is 0 Å². The second kappa shape index (κ2) is 5.36. The summed E-state index contributed by atoms with van der Waals surface area (Å²) in [5.41, 5.74) is 2.10. The van der Waals surface area contributed by atoms with Crippen LogP contribution in [0.3, 0.4) is 0 Å². The number of nitrogens with zero attached hydrogens (tertiary/aromatic N) is 3. The van der Waals surface area contributed by atoms with Crippen molar-refractivity contribution in [3.8, 4) is 0 Å². The van der Waals surface area contributed by atoms with E-state index in [0.717, 1.165) is 34.5 Å². The standard InChI is InChI=1S/C16H21BrN4/c1-10(14-5-11-2-3-12(14)4-11)18-6-13-7-20-16-8-19-15(17)9-21(13)16/h7-12,14,18H,2-6H2,1H3. The van der Waals surface area contributed by atoms with Gasteiger partial charge in [0.25, 0.3) is 0 Å². The van der Waals surface area contributed by atoms with Crippen LogP contribution in [0.4, 0.5) is 0 Å². The van der Waals surface area contributed by atoms with E-state index in [1.807, 2.05) is 12.4 Å². The van der Waals surface area contributed by atoms with Crippen molar-refractivity contribution in [2.24, 2.45) is 17.8 Å². The van der Waals surface area contributed by atoms with Gasteiger partial charge in [0.05, 0.1) is 18.1 Å². The van der Waals surface area contributed by atoms with Crippen molar-refractivity contribution in [1.82, 2.24) is 19.7 Å². The van der Waals surface area contributed by atoms with E-state index in [-0.39, 0.29) is 0 Å². The monoisotopic (exact) mass is 348 g/mol. The molecule has 2 aliphatic rings. The van der Waals surface area contributed by atoms with E-state index >= 15 is 0 Å². The summed E-state index contributed by atoms with van der Waals surface area (Å²) in [6.07, 6.45) is 11.6. The molecule has 112 valence electrons. The zero-order valence-corrected chi connectivity index (χ0v) is 13.9. The minimum absolute atomic E-state index is 0.594. The molecule has 2 aliphatic carbocycles. The number of rotatable bonds is 4. The van der Waals surface area contributed by atoms with Gasteiger partial charge in [-0.25, -0.2) is 9.97 Å². The summed E-state index contributed by atoms with van der Waals surface area (Å²) < 4.78 is 2.95. The first-order chi connectivity index (χ1) is 10.2. The highest BCUT2D eigenvalue weighted by Crippen LogP contribution is 2.49. The SMILES string of the molecule is CC(NCc1cnc2cnc(Br)cn12)C1CC2CCC1C2. The third kappa shape index (κ3) is 2.50. The van der Waals surface area contributed by atoms with Gasteiger partial charge in [0.1, 0.15) is 4.60 Å². The molecule has 2 bridgehead atoms. The Morgan fingerprint density at radius 1 is 1.33 bits per heavy atom. The molecule has 0 saturated heterocycles. The van der Waals surface area contributed by atoms with Gasteiger partial charge in [-0.05, 0) is 59.9 Å². The molecule has 2 fully saturated rings. The number of imidazole rings is 1. The lowest BCUT2D eigenvalue weighted by Gasteiger charge is -2.28. The summed E-state index contributed by atoms with van der Waals surface area (Å²) in [4.78, 5) is 8.63. The van der Waals surface area contributed by atoms with Crippen molar-refractivity contribution in [2.75, 3.05) is 0 Å². The maximum atomic E-state index is 4.41. The summed E-state index contributed by atoms with van der Waals surface area (Å²) in [6.45, 7) is 3.22. The van der Waals surface area contributed by atoms with Crippen molar-refractivity contribution < 1.29 is 0 Å². The van der Waals surface area contributed by atoms with Gasteiger partial charge in [-0.3, -0.25) is 4.40 Å². The van der Waals surface area contributed by atoms with Crippen molar-refractivity contribution >= 4 is 21.6 Å². The van der Waals surface area contributed by atoms with E-state index in [2.05, 4.69) is 42.5 Å². The van der Waals surface area contributed by atoms with Gasteiger partial charge in [0.15, 0.2) is 5.65 Å². The topological polar surface area (TPSA) is 42.2 Å². The second-order valence-corrected chi connectivity index (χ2v) is 7.51. The molecule has 4 atom stereocenters. The van der Waals surface area contributed by atoms with Gasteiger partial charge in [0.2, 0.25) is 0 Å². The molecule has 0 radical (unpaired) electrons. The minimum atomic E-state index is 0.594. The van der Waals surface area contributed by atoms with Crippen LogP contribution in [-0.2, 0) is 6.54 Å². The molecule has 0 amide bonds. The van der Waals surface area contributed by atoms with Crippen LogP contribution < -0.4 is 5.32 Å². The molecule has 2 saturated carbocycles. The Morgan fingerprint density at radius 2 is 2.24 bits per heavy atom. The first-order valence-corrected chi connectivity index (χ1v) is 8.71. The highest BCUT2D eigenvalue weighted by atomic mass is 79.9. The Morgan fingerprint density at radius 3 is 3.00 bits per heavy atom. The Labute approximate surface area is 133 Å². The number of hydrogen-bond donors (Lipinski definition) is 1. The second-order valence-electron chi connectivity index (χ2n) is 6.70. The van der Waals surface area contributed by atoms with Gasteiger partial charge in [-0.15, -0.1) is 0 Å². The lowest BCUT2D eigenvalue weighted by molar-refractivity contribution is 0.259. The van der Waals surface area contributed by atoms with Crippen LogP contribution in [0.25, 0.3) is 5.65 Å². The molecule has 5 heteroatoms. The molecule has 2 heterocycles. The largest absolute Gasteiger partial charge is 0.308 e. The zero-order chi connectivity index (χ0) is 14.4. The molecule has 4 rings (SSSR count). The lowest BCUT2D eigenvalue weighted by Crippen LogP contribution is -2.36. The smallest absolute Gasteiger partial charge is 0.155 e. The molecule has 4 nitrogen and oxygen atoms in total. The number of aromatic nitrogens is 3. The normalized spacial score (nSPS) is 29.3. The fourth-order valence-corrected chi connectivity index (χ4v) is 4.68. The minimum Gasteiger partial charge on any atom is -0.308 e. The van der Waals surface area contributed by atoms with Crippen molar-refractivity contribution in [2.45, 2.75) is 45.2 Å². The fourth-order valence-electron chi connectivity index (χ4n) is 4.37. The Bertz CT molecular complexity index is 653. The highest BCUT2D eigenvalue weighted by Gasteiger charge is 2.41. The van der Waals surface area contributed by atoms with Crippen molar-refractivity contribution in [1.29, 1.82) is 0 Å². The number of hydrogen-bond acceptors (Lipinski definition) is 3. The van der Waals surface area contributed by atoms with Crippen LogP contribution >= 0.6 is 15.9 Å². The van der Waals surface area contributed by atoms with E-state index in [4.69, 9.17) is 0 Å². The van der Waals surface area contributed by atoms with E-state index in [9.17, 15) is 0 Å². The number of fused-ring (bicyclic) bond motifs is 3. The number of halogens is 1. The van der Waals surface area contributed by atoms with Gasteiger partial charge >= 0.3 is 0 Å². The van der Waals surface area contributed by atoms with Crippen molar-refractivity contribution in [3.63, 3.8) is 0 Å². The van der Waals surface area contributed by atoms with Crippen LogP contribution in [0.5, 0.6) is 0 Å². The summed E-state index contributed by atoms with van der Waals surface area (Å²) in [6, 6.07) is 0.594. The molecule has 4 unspecified atom stereocenters. The summed E-state index contributed by atoms with van der Waals surface area (Å²) in [5.74, 6) is 2.86. The molecule has 0 aromatic carbocycles. The molecular weight excluding hydrogens is 328 g/mol. The quantitative estimate of drug-likeness (QED) is 0.920. The molecule has 2 aromatic rings. The van der Waals surface area contributed by atoms with Crippen LogP contribution in [0, 0.1) is 17.8 Å². The average Bonchev–Trinajstić information content (AvgIpc) is 3.19. The van der Waals surface area contributed by atoms with Crippen LogP contribution in [0.1, 0.15) is 38.3 Å². The Balaban J connectivity index is 1.44. The van der Waals surface area contributed by atoms with Gasteiger partial charge in [-0.2, -0.15) is 0 Å². The van der Waals surface area contributed by atoms with Gasteiger partial charge in [-0.1, -0.05) is 6.42 Å². The van der Waals surface area contributed by atoms with Gasteiger partial charge in [0, 0.05) is 18.8 Å². The van der Waals surface area contributed by atoms with E-state index < -0.39 is 0 Å². The first kappa shape index (κ1) is 13.7. The third-order valence-electron chi connectivity index (χ3n) is 5.48. The average molecular weight is 349 g/mol. The first-order valence-electron chi connectivity index (χ1n) is 7.91. The highest BCUT2D eigenvalue weighted by molar-refractivity contribution is 9.10. The van der Waals surface area contributed by atoms with Crippen LogP contribution in [0.15, 0.2) is 23.2 Å². The predicted octanol–water partition coefficient (Wildman–Crippen LogP) is 3.41. The summed E-state index contributed by atoms with van der Waals surface area (Å²) in [5, 5.41) is 3.73. The Kier molecular flexibility index (Phi) is 3.50. The number of nitrogens with one attached hydrogen (secondary N) is 1. The summed E-state index contributed by atoms with van der Waals surface area (Å²) >= 11 is 3.43. The summed E-state index contributed by atoms with van der Waals surface area (Å²) in [7, 11) is 0. The maximum absolute atomic E-state index is 4.41.